The molecule has 0 heterocycles. The molecule has 0 aliphatic heterocycles. The minimum atomic E-state index is -0.427. The van der Waals surface area contributed by atoms with Crippen molar-refractivity contribution in [3.63, 3.8) is 0 Å². The lowest BCUT2D eigenvalue weighted by atomic mass is 9.92. The zero-order valence-corrected chi connectivity index (χ0v) is 7.37. The number of rotatable bonds is 0. The minimum absolute atomic E-state index is 0.148. The summed E-state index contributed by atoms with van der Waals surface area (Å²) in [5.74, 6) is 0.148. The van der Waals surface area contributed by atoms with E-state index in [0.717, 1.165) is 0 Å². The van der Waals surface area contributed by atoms with Gasteiger partial charge in [-0.1, -0.05) is 22.9 Å². The van der Waals surface area contributed by atoms with E-state index >= 15 is 0 Å². The first-order chi connectivity index (χ1) is 4.61. The molecule has 0 amide bonds. The molecule has 0 aromatic heterocycles. The van der Waals surface area contributed by atoms with Crippen LogP contribution in [0.2, 0.25) is 0 Å². The summed E-state index contributed by atoms with van der Waals surface area (Å²) in [6, 6.07) is 0. The summed E-state index contributed by atoms with van der Waals surface area (Å²) < 4.78 is 0.707. The Balaban J connectivity index is 2.71. The van der Waals surface area contributed by atoms with E-state index in [9.17, 15) is 5.11 Å². The number of aliphatic hydroxyl groups excluding tert-OH is 2. The molecule has 0 saturated heterocycles. The zero-order chi connectivity index (χ0) is 7.72. The van der Waals surface area contributed by atoms with Gasteiger partial charge in [0.1, 0.15) is 0 Å². The number of hydrogen-bond acceptors (Lipinski definition) is 2. The Morgan fingerprint density at radius 1 is 1.60 bits per heavy atom. The zero-order valence-electron chi connectivity index (χ0n) is 5.79. The Morgan fingerprint density at radius 2 is 2.20 bits per heavy atom. The van der Waals surface area contributed by atoms with Gasteiger partial charge in [-0.3, -0.25) is 0 Å². The van der Waals surface area contributed by atoms with Crippen molar-refractivity contribution >= 4 is 15.9 Å². The Kier molecular flexibility index (Phi) is 2.50. The van der Waals surface area contributed by atoms with Crippen molar-refractivity contribution in [1.29, 1.82) is 0 Å². The van der Waals surface area contributed by atoms with Crippen LogP contribution < -0.4 is 0 Å². The van der Waals surface area contributed by atoms with E-state index < -0.39 is 12.2 Å². The average molecular weight is 207 g/mol. The second-order valence-corrected chi connectivity index (χ2v) is 3.69. The molecule has 2 nitrogen and oxygen atoms in total. The van der Waals surface area contributed by atoms with Crippen molar-refractivity contribution in [2.24, 2.45) is 5.92 Å². The van der Waals surface area contributed by atoms with Crippen LogP contribution in [0.3, 0.4) is 0 Å². The van der Waals surface area contributed by atoms with Gasteiger partial charge in [-0.25, -0.2) is 0 Å². The predicted octanol–water partition coefficient (Wildman–Crippen LogP) is 1.03. The predicted molar refractivity (Wildman–Crippen MR) is 42.8 cm³/mol. The van der Waals surface area contributed by atoms with Gasteiger partial charge in [-0.2, -0.15) is 0 Å². The van der Waals surface area contributed by atoms with Crippen LogP contribution in [0.15, 0.2) is 10.6 Å². The summed E-state index contributed by atoms with van der Waals surface area (Å²) in [6.07, 6.45) is 1.47. The van der Waals surface area contributed by atoms with Gasteiger partial charge in [-0.15, -0.1) is 0 Å². The van der Waals surface area contributed by atoms with Crippen LogP contribution in [0, 0.1) is 5.92 Å². The summed E-state index contributed by atoms with van der Waals surface area (Å²) in [6.45, 7) is 1.92. The van der Waals surface area contributed by atoms with E-state index in [1.807, 2.05) is 6.92 Å². The molecule has 0 saturated carbocycles. The van der Waals surface area contributed by atoms with Crippen molar-refractivity contribution in [1.82, 2.24) is 0 Å². The second kappa shape index (κ2) is 3.03. The molecule has 0 fully saturated rings. The standard InChI is InChI=1S/C7H11BrO2/c1-4-2-5(9)3-6(8)7(4)10/h3-5,7,9-10H,2H2,1H3. The monoisotopic (exact) mass is 206 g/mol. The van der Waals surface area contributed by atoms with E-state index in [4.69, 9.17) is 5.11 Å². The van der Waals surface area contributed by atoms with Crippen LogP contribution >= 0.6 is 15.9 Å². The van der Waals surface area contributed by atoms with Crippen molar-refractivity contribution in [3.05, 3.63) is 10.6 Å². The molecule has 0 radical (unpaired) electrons. The maximum Gasteiger partial charge on any atom is 0.0878 e. The van der Waals surface area contributed by atoms with Gasteiger partial charge in [0.2, 0.25) is 0 Å². The fraction of sp³-hybridized carbons (Fsp3) is 0.714. The SMILES string of the molecule is CC1CC(O)C=C(Br)C1O. The Bertz CT molecular complexity index is 156. The molecule has 0 aromatic carbocycles. The molecular formula is C7H11BrO2. The molecule has 1 aliphatic carbocycles. The van der Waals surface area contributed by atoms with Crippen LogP contribution in [0.4, 0.5) is 0 Å². The molecule has 0 bridgehead atoms. The average Bonchev–Trinajstić information content (AvgIpc) is 1.82. The Labute approximate surface area is 68.7 Å². The maximum absolute atomic E-state index is 9.34. The molecule has 10 heavy (non-hydrogen) atoms. The number of halogens is 1. The lowest BCUT2D eigenvalue weighted by Gasteiger charge is -2.25. The van der Waals surface area contributed by atoms with Crippen LogP contribution in [0.1, 0.15) is 13.3 Å². The largest absolute Gasteiger partial charge is 0.389 e. The third-order valence-corrected chi connectivity index (χ3v) is 2.52. The smallest absolute Gasteiger partial charge is 0.0878 e. The Morgan fingerprint density at radius 3 is 2.70 bits per heavy atom. The first kappa shape index (κ1) is 8.24. The molecule has 0 aromatic rings. The van der Waals surface area contributed by atoms with Crippen molar-refractivity contribution in [2.75, 3.05) is 0 Å². The number of hydrogen-bond donors (Lipinski definition) is 2. The van der Waals surface area contributed by atoms with E-state index in [-0.39, 0.29) is 5.92 Å². The van der Waals surface area contributed by atoms with Crippen molar-refractivity contribution < 1.29 is 10.2 Å². The summed E-state index contributed by atoms with van der Waals surface area (Å²) in [5.41, 5.74) is 0. The highest BCUT2D eigenvalue weighted by Crippen LogP contribution is 2.27. The third kappa shape index (κ3) is 1.59. The molecular weight excluding hydrogens is 196 g/mol. The van der Waals surface area contributed by atoms with Crippen molar-refractivity contribution in [3.8, 4) is 0 Å². The maximum atomic E-state index is 9.34. The molecule has 3 heteroatoms. The van der Waals surface area contributed by atoms with Crippen LogP contribution in [0.5, 0.6) is 0 Å². The first-order valence-corrected chi connectivity index (χ1v) is 4.14. The highest BCUT2D eigenvalue weighted by atomic mass is 79.9. The summed E-state index contributed by atoms with van der Waals surface area (Å²) in [4.78, 5) is 0. The highest BCUT2D eigenvalue weighted by Gasteiger charge is 2.24. The lowest BCUT2D eigenvalue weighted by Crippen LogP contribution is -2.27. The number of aliphatic hydroxyl groups is 2. The van der Waals surface area contributed by atoms with Gasteiger partial charge in [0.25, 0.3) is 0 Å². The van der Waals surface area contributed by atoms with E-state index in [2.05, 4.69) is 15.9 Å². The van der Waals surface area contributed by atoms with Gasteiger partial charge in [0, 0.05) is 4.48 Å². The summed E-state index contributed by atoms with van der Waals surface area (Å²) in [7, 11) is 0. The van der Waals surface area contributed by atoms with E-state index in [0.29, 0.717) is 10.9 Å². The summed E-state index contributed by atoms with van der Waals surface area (Å²) >= 11 is 3.19. The normalized spacial score (nSPS) is 41.2. The van der Waals surface area contributed by atoms with Gasteiger partial charge >= 0.3 is 0 Å². The second-order valence-electron chi connectivity index (χ2n) is 2.78. The fourth-order valence-electron chi connectivity index (χ4n) is 1.13. The van der Waals surface area contributed by atoms with E-state index in [1.165, 1.54) is 0 Å². The van der Waals surface area contributed by atoms with Gasteiger partial charge in [0.15, 0.2) is 0 Å². The molecule has 58 valence electrons. The molecule has 3 unspecified atom stereocenters. The van der Waals surface area contributed by atoms with Gasteiger partial charge < -0.3 is 10.2 Å². The van der Waals surface area contributed by atoms with Gasteiger partial charge in [-0.05, 0) is 18.4 Å². The lowest BCUT2D eigenvalue weighted by molar-refractivity contribution is 0.0976. The molecule has 1 aliphatic rings. The van der Waals surface area contributed by atoms with Crippen LogP contribution in [-0.2, 0) is 0 Å². The first-order valence-electron chi connectivity index (χ1n) is 3.34. The third-order valence-electron chi connectivity index (χ3n) is 1.79. The molecule has 3 atom stereocenters. The fourth-order valence-corrected chi connectivity index (χ4v) is 1.89. The topological polar surface area (TPSA) is 40.5 Å². The highest BCUT2D eigenvalue weighted by molar-refractivity contribution is 9.11. The van der Waals surface area contributed by atoms with Crippen molar-refractivity contribution in [2.45, 2.75) is 25.6 Å². The van der Waals surface area contributed by atoms with Crippen LogP contribution in [-0.4, -0.2) is 22.4 Å². The minimum Gasteiger partial charge on any atom is -0.389 e. The van der Waals surface area contributed by atoms with Crippen LogP contribution in [0.25, 0.3) is 0 Å². The molecule has 2 N–H and O–H groups in total. The quantitative estimate of drug-likeness (QED) is 0.622. The summed E-state index contributed by atoms with van der Waals surface area (Å²) in [5, 5.41) is 18.5. The van der Waals surface area contributed by atoms with E-state index in [1.54, 1.807) is 6.08 Å². The molecule has 1 rings (SSSR count). The molecule has 0 spiro atoms. The van der Waals surface area contributed by atoms with Gasteiger partial charge in [0.05, 0.1) is 12.2 Å². The Hall–Kier alpha value is 0.140.